The van der Waals surface area contributed by atoms with Crippen LogP contribution in [0.25, 0.3) is 21.1 Å². The van der Waals surface area contributed by atoms with Crippen LogP contribution in [0.1, 0.15) is 27.2 Å². The number of halogens is 1. The molecule has 1 N–H and O–H groups in total. The normalized spacial score (nSPS) is 16.5. The summed E-state index contributed by atoms with van der Waals surface area (Å²) in [6.07, 6.45) is 1.10. The topological polar surface area (TPSA) is 54.5 Å². The van der Waals surface area contributed by atoms with E-state index in [0.717, 1.165) is 41.7 Å². The predicted octanol–water partition coefficient (Wildman–Crippen LogP) is 5.67. The maximum Gasteiger partial charge on any atom is 0.261 e. The predicted molar refractivity (Wildman–Crippen MR) is 136 cm³/mol. The first kappa shape index (κ1) is 22.1. The Bertz CT molecular complexity index is 1320. The molecule has 33 heavy (non-hydrogen) atoms. The number of aromatic nitrogens is 1. The number of carbonyl (C=O) groups is 1. The highest BCUT2D eigenvalue weighted by molar-refractivity contribution is 7.20. The van der Waals surface area contributed by atoms with Crippen molar-refractivity contribution in [2.45, 2.75) is 19.9 Å². The molecule has 1 fully saturated rings. The van der Waals surface area contributed by atoms with Crippen LogP contribution in [-0.2, 0) is 6.54 Å². The summed E-state index contributed by atoms with van der Waals surface area (Å²) in [7, 11) is 1.59. The number of likely N-dealkylation sites (tertiary alicyclic amines) is 1. The van der Waals surface area contributed by atoms with E-state index in [2.05, 4.69) is 41.4 Å². The van der Waals surface area contributed by atoms with Crippen LogP contribution >= 0.6 is 22.9 Å². The third kappa shape index (κ3) is 4.69. The van der Waals surface area contributed by atoms with E-state index in [1.807, 2.05) is 24.3 Å². The average molecular weight is 480 g/mol. The largest absolute Gasteiger partial charge is 0.495 e. The van der Waals surface area contributed by atoms with E-state index >= 15 is 0 Å². The second kappa shape index (κ2) is 9.29. The Kier molecular flexibility index (Phi) is 6.23. The summed E-state index contributed by atoms with van der Waals surface area (Å²) in [5.41, 5.74) is 3.32. The fourth-order valence-corrected chi connectivity index (χ4v) is 5.64. The van der Waals surface area contributed by atoms with Crippen LogP contribution < -0.4 is 10.1 Å². The molecular formula is C26H26ClN3O2S. The summed E-state index contributed by atoms with van der Waals surface area (Å²) < 4.78 is 5.30. The fraction of sp³-hybridized carbons (Fsp3) is 0.308. The van der Waals surface area contributed by atoms with Crippen LogP contribution in [0, 0.1) is 12.8 Å². The van der Waals surface area contributed by atoms with Crippen LogP contribution in [-0.4, -0.2) is 42.5 Å². The molecule has 0 saturated carbocycles. The summed E-state index contributed by atoms with van der Waals surface area (Å²) in [6.45, 7) is 5.84. The molecule has 1 aliphatic heterocycles. The minimum atomic E-state index is -0.0391. The maximum atomic E-state index is 12.8. The van der Waals surface area contributed by atoms with E-state index in [1.54, 1.807) is 7.11 Å². The zero-order valence-corrected chi connectivity index (χ0v) is 20.3. The minimum absolute atomic E-state index is 0.0391. The van der Waals surface area contributed by atoms with Crippen molar-refractivity contribution in [3.05, 3.63) is 69.6 Å². The lowest BCUT2D eigenvalue weighted by Crippen LogP contribution is -2.30. The van der Waals surface area contributed by atoms with E-state index in [1.165, 1.54) is 22.5 Å². The standard InChI is InChI=1S/C26H26ClN3O2S/c1-16-3-5-17(6-4-16)14-30-10-9-18(15-30)13-28-25(31)22-12-20-11-19-7-8-21(32-2)23(27)24(19)29-26(20)33-22/h3-8,11-12,18H,9-10,13-15H2,1-2H3,(H,28,31)/t18-/m0/s1. The molecule has 7 heteroatoms. The van der Waals surface area contributed by atoms with E-state index < -0.39 is 0 Å². The van der Waals surface area contributed by atoms with Crippen molar-refractivity contribution in [1.82, 2.24) is 15.2 Å². The first-order chi connectivity index (χ1) is 16.0. The quantitative estimate of drug-likeness (QED) is 0.387. The first-order valence-electron chi connectivity index (χ1n) is 11.1. The molecule has 1 aliphatic rings. The number of hydrogen-bond donors (Lipinski definition) is 1. The van der Waals surface area contributed by atoms with Gasteiger partial charge >= 0.3 is 0 Å². The maximum absolute atomic E-state index is 12.8. The third-order valence-electron chi connectivity index (χ3n) is 6.27. The Balaban J connectivity index is 1.22. The second-order valence-corrected chi connectivity index (χ2v) is 10.1. The van der Waals surface area contributed by atoms with Gasteiger partial charge in [0.15, 0.2) is 0 Å². The van der Waals surface area contributed by atoms with Crippen LogP contribution in [0.3, 0.4) is 0 Å². The van der Waals surface area contributed by atoms with Crippen LogP contribution in [0.5, 0.6) is 5.75 Å². The van der Waals surface area contributed by atoms with Gasteiger partial charge in [0.2, 0.25) is 0 Å². The lowest BCUT2D eigenvalue weighted by molar-refractivity contribution is 0.0951. The number of benzene rings is 2. The Hall–Kier alpha value is -2.67. The number of methoxy groups -OCH3 is 1. The molecule has 0 bridgehead atoms. The van der Waals surface area contributed by atoms with Gasteiger partial charge in [0, 0.05) is 30.4 Å². The van der Waals surface area contributed by atoms with Crippen LogP contribution in [0.15, 0.2) is 48.5 Å². The molecule has 0 unspecified atom stereocenters. The van der Waals surface area contributed by atoms with Gasteiger partial charge in [0.25, 0.3) is 5.91 Å². The molecule has 1 atom stereocenters. The van der Waals surface area contributed by atoms with E-state index in [0.29, 0.717) is 33.6 Å². The van der Waals surface area contributed by atoms with Crippen molar-refractivity contribution >= 4 is 50.0 Å². The number of fused-ring (bicyclic) bond motifs is 2. The van der Waals surface area contributed by atoms with Gasteiger partial charge in [-0.05, 0) is 55.6 Å². The van der Waals surface area contributed by atoms with E-state index in [9.17, 15) is 4.79 Å². The van der Waals surface area contributed by atoms with Crippen molar-refractivity contribution in [1.29, 1.82) is 0 Å². The van der Waals surface area contributed by atoms with Crippen molar-refractivity contribution in [2.24, 2.45) is 5.92 Å². The van der Waals surface area contributed by atoms with Gasteiger partial charge < -0.3 is 10.1 Å². The molecule has 5 rings (SSSR count). The highest BCUT2D eigenvalue weighted by Crippen LogP contribution is 2.35. The second-order valence-electron chi connectivity index (χ2n) is 8.73. The smallest absolute Gasteiger partial charge is 0.261 e. The molecule has 2 aromatic heterocycles. The summed E-state index contributed by atoms with van der Waals surface area (Å²) in [4.78, 5) is 21.5. The number of hydrogen-bond acceptors (Lipinski definition) is 5. The number of nitrogens with zero attached hydrogens (tertiary/aromatic N) is 2. The lowest BCUT2D eigenvalue weighted by Gasteiger charge is -2.16. The molecule has 2 aromatic carbocycles. The van der Waals surface area contributed by atoms with E-state index in [4.69, 9.17) is 21.3 Å². The lowest BCUT2D eigenvalue weighted by atomic mass is 10.1. The Morgan fingerprint density at radius 1 is 1.21 bits per heavy atom. The highest BCUT2D eigenvalue weighted by atomic mass is 35.5. The molecule has 0 aliphatic carbocycles. The highest BCUT2D eigenvalue weighted by Gasteiger charge is 2.23. The summed E-state index contributed by atoms with van der Waals surface area (Å²) in [5.74, 6) is 1.03. The van der Waals surface area contributed by atoms with Crippen molar-refractivity contribution in [3.8, 4) is 5.75 Å². The first-order valence-corrected chi connectivity index (χ1v) is 12.3. The number of nitrogens with one attached hydrogen (secondary N) is 1. The van der Waals surface area contributed by atoms with Crippen LogP contribution in [0.2, 0.25) is 5.02 Å². The number of rotatable bonds is 6. The van der Waals surface area contributed by atoms with Gasteiger partial charge in [-0.2, -0.15) is 0 Å². The number of ether oxygens (including phenoxy) is 1. The van der Waals surface area contributed by atoms with Gasteiger partial charge in [0.1, 0.15) is 15.6 Å². The van der Waals surface area contributed by atoms with Crippen molar-refractivity contribution in [2.75, 3.05) is 26.7 Å². The zero-order valence-electron chi connectivity index (χ0n) is 18.7. The Labute approximate surface area is 202 Å². The number of pyridine rings is 1. The number of thiophene rings is 1. The van der Waals surface area contributed by atoms with Crippen molar-refractivity contribution < 1.29 is 9.53 Å². The summed E-state index contributed by atoms with van der Waals surface area (Å²) in [5, 5.41) is 5.51. The van der Waals surface area contributed by atoms with E-state index in [-0.39, 0.29) is 5.91 Å². The molecular weight excluding hydrogens is 454 g/mol. The monoisotopic (exact) mass is 479 g/mol. The molecule has 0 spiro atoms. The Morgan fingerprint density at radius 2 is 2.03 bits per heavy atom. The average Bonchev–Trinajstić information content (AvgIpc) is 3.44. The molecule has 1 saturated heterocycles. The molecule has 1 amide bonds. The number of carbonyl (C=O) groups excluding carboxylic acids is 1. The minimum Gasteiger partial charge on any atom is -0.495 e. The molecule has 170 valence electrons. The van der Waals surface area contributed by atoms with Crippen molar-refractivity contribution in [3.63, 3.8) is 0 Å². The molecule has 5 nitrogen and oxygen atoms in total. The Morgan fingerprint density at radius 3 is 2.82 bits per heavy atom. The summed E-state index contributed by atoms with van der Waals surface area (Å²) in [6, 6.07) is 16.4. The van der Waals surface area contributed by atoms with Gasteiger partial charge in [-0.15, -0.1) is 11.3 Å². The zero-order chi connectivity index (χ0) is 22.9. The number of aryl methyl sites for hydroxylation is 1. The fourth-order valence-electron chi connectivity index (χ4n) is 4.41. The van der Waals surface area contributed by atoms with Gasteiger partial charge in [-0.3, -0.25) is 9.69 Å². The molecule has 0 radical (unpaired) electrons. The van der Waals surface area contributed by atoms with Crippen LogP contribution in [0.4, 0.5) is 0 Å². The molecule has 4 aromatic rings. The van der Waals surface area contributed by atoms with Gasteiger partial charge in [0.05, 0.1) is 17.5 Å². The summed E-state index contributed by atoms with van der Waals surface area (Å²) >= 11 is 7.83. The number of amides is 1. The van der Waals surface area contributed by atoms with Gasteiger partial charge in [-0.25, -0.2) is 4.98 Å². The molecule has 3 heterocycles. The van der Waals surface area contributed by atoms with Gasteiger partial charge in [-0.1, -0.05) is 41.4 Å². The SMILES string of the molecule is COc1ccc2cc3cc(C(=O)NC[C@@H]4CCN(Cc5ccc(C)cc5)C4)sc3nc2c1Cl. The third-order valence-corrected chi connectivity index (χ3v) is 7.68.